The van der Waals surface area contributed by atoms with E-state index in [9.17, 15) is 19.8 Å². The number of carboxylic acids is 2. The van der Waals surface area contributed by atoms with E-state index in [1.165, 1.54) is 0 Å². The third kappa shape index (κ3) is 2.45. The van der Waals surface area contributed by atoms with Gasteiger partial charge in [0.2, 0.25) is 0 Å². The summed E-state index contributed by atoms with van der Waals surface area (Å²) < 4.78 is 0. The first-order valence-electron chi connectivity index (χ1n) is 5.61. The largest absolute Gasteiger partial charge is 0.480 e. The fourth-order valence-electron chi connectivity index (χ4n) is 2.64. The zero-order valence-electron chi connectivity index (χ0n) is 10.7. The maximum absolute atomic E-state index is 11.4. The Labute approximate surface area is 97.7 Å². The molecule has 0 aliphatic rings. The Kier molecular flexibility index (Phi) is 4.73. The van der Waals surface area contributed by atoms with Gasteiger partial charge in [-0.2, -0.15) is 0 Å². The van der Waals surface area contributed by atoms with Crippen molar-refractivity contribution in [3.05, 3.63) is 0 Å². The van der Waals surface area contributed by atoms with E-state index in [1.54, 1.807) is 6.92 Å². The predicted molar refractivity (Wildman–Crippen MR) is 65.4 cm³/mol. The van der Waals surface area contributed by atoms with Gasteiger partial charge in [-0.05, 0) is 12.0 Å². The average Bonchev–Trinajstić information content (AvgIpc) is 2.10. The molecule has 0 saturated carbocycles. The molecule has 1 atom stereocenters. The fraction of sp³-hybridized carbons (Fsp3) is 0.818. The monoisotopic (exact) mass is 246 g/mol. The van der Waals surface area contributed by atoms with E-state index in [1.807, 2.05) is 26.6 Å². The minimum atomic E-state index is -1.83. The summed E-state index contributed by atoms with van der Waals surface area (Å²) in [4.78, 5) is 22.8. The molecule has 0 amide bonds. The van der Waals surface area contributed by atoms with Crippen LogP contribution in [0, 0.1) is 5.41 Å². The van der Waals surface area contributed by atoms with Gasteiger partial charge >= 0.3 is 11.9 Å². The maximum atomic E-state index is 11.4. The van der Waals surface area contributed by atoms with E-state index in [0.717, 1.165) is 0 Å². The Balaban J connectivity index is 5.65. The number of hydrogen-bond acceptors (Lipinski definition) is 2. The minimum Gasteiger partial charge on any atom is -0.480 e. The third-order valence-electron chi connectivity index (χ3n) is 3.37. The summed E-state index contributed by atoms with van der Waals surface area (Å²) in [7, 11) is -1.83. The molecular weight excluding hydrogens is 224 g/mol. The standard InChI is InChI=1S/C11H22O4Si/c1-6-8(16(3,4)5)11(7-2,9(12)13)10(14)15/h8H,6-7H2,1-5H3,(H,12,13)(H,14,15). The van der Waals surface area contributed by atoms with Gasteiger partial charge in [-0.1, -0.05) is 39.9 Å². The van der Waals surface area contributed by atoms with Crippen molar-refractivity contribution in [3.8, 4) is 0 Å². The van der Waals surface area contributed by atoms with Crippen LogP contribution in [0.3, 0.4) is 0 Å². The van der Waals surface area contributed by atoms with E-state index in [-0.39, 0.29) is 12.0 Å². The molecule has 4 nitrogen and oxygen atoms in total. The lowest BCUT2D eigenvalue weighted by Gasteiger charge is -2.39. The van der Waals surface area contributed by atoms with E-state index >= 15 is 0 Å². The lowest BCUT2D eigenvalue weighted by Crippen LogP contribution is -2.50. The minimum absolute atomic E-state index is 0.139. The summed E-state index contributed by atoms with van der Waals surface area (Å²) in [6, 6.07) is 0. The molecule has 0 fully saturated rings. The molecule has 0 aromatic heterocycles. The zero-order valence-corrected chi connectivity index (χ0v) is 11.7. The molecule has 0 radical (unpaired) electrons. The van der Waals surface area contributed by atoms with Gasteiger partial charge in [-0.15, -0.1) is 0 Å². The van der Waals surface area contributed by atoms with Crippen molar-refractivity contribution in [2.45, 2.75) is 51.9 Å². The Morgan fingerprint density at radius 3 is 1.56 bits per heavy atom. The fourth-order valence-corrected chi connectivity index (χ4v) is 5.79. The van der Waals surface area contributed by atoms with E-state index in [4.69, 9.17) is 0 Å². The summed E-state index contributed by atoms with van der Waals surface area (Å²) in [5.74, 6) is -2.39. The molecule has 0 aromatic rings. The Bertz CT molecular complexity index is 266. The van der Waals surface area contributed by atoms with Crippen molar-refractivity contribution < 1.29 is 19.8 Å². The first kappa shape index (κ1) is 15.2. The molecule has 0 bridgehead atoms. The summed E-state index contributed by atoms with van der Waals surface area (Å²) in [6.45, 7) is 9.59. The second-order valence-electron chi connectivity index (χ2n) is 5.26. The van der Waals surface area contributed by atoms with Gasteiger partial charge in [0, 0.05) is 8.07 Å². The van der Waals surface area contributed by atoms with Crippen molar-refractivity contribution >= 4 is 20.0 Å². The normalized spacial score (nSPS) is 14.6. The van der Waals surface area contributed by atoms with Crippen molar-refractivity contribution in [2.24, 2.45) is 5.41 Å². The highest BCUT2D eigenvalue weighted by Gasteiger charge is 2.54. The molecule has 0 aliphatic carbocycles. The predicted octanol–water partition coefficient (Wildman–Crippen LogP) is 2.67. The molecule has 0 rings (SSSR count). The van der Waals surface area contributed by atoms with E-state index < -0.39 is 25.4 Å². The van der Waals surface area contributed by atoms with Gasteiger partial charge in [-0.3, -0.25) is 9.59 Å². The van der Waals surface area contributed by atoms with Gasteiger partial charge in [-0.25, -0.2) is 0 Å². The number of carbonyl (C=O) groups is 2. The van der Waals surface area contributed by atoms with Crippen molar-refractivity contribution in [3.63, 3.8) is 0 Å². The SMILES string of the molecule is CCC(C(CC)(C(=O)O)C(=O)O)[Si](C)(C)C. The van der Waals surface area contributed by atoms with Crippen molar-refractivity contribution in [2.75, 3.05) is 0 Å². The molecule has 16 heavy (non-hydrogen) atoms. The highest BCUT2D eigenvalue weighted by Crippen LogP contribution is 2.45. The molecule has 0 heterocycles. The number of aliphatic carboxylic acids is 2. The van der Waals surface area contributed by atoms with Crippen LogP contribution in [0.1, 0.15) is 26.7 Å². The molecule has 0 spiro atoms. The quantitative estimate of drug-likeness (QED) is 0.558. The molecule has 5 heteroatoms. The van der Waals surface area contributed by atoms with Gasteiger partial charge in [0.05, 0.1) is 0 Å². The smallest absolute Gasteiger partial charge is 0.321 e. The van der Waals surface area contributed by atoms with E-state index in [2.05, 4.69) is 0 Å². The lowest BCUT2D eigenvalue weighted by molar-refractivity contribution is -0.165. The second kappa shape index (κ2) is 4.99. The topological polar surface area (TPSA) is 74.6 Å². The van der Waals surface area contributed by atoms with Crippen LogP contribution in [0.2, 0.25) is 25.2 Å². The lowest BCUT2D eigenvalue weighted by atomic mass is 9.80. The third-order valence-corrected chi connectivity index (χ3v) is 6.36. The van der Waals surface area contributed by atoms with Crippen LogP contribution >= 0.6 is 0 Å². The first-order chi connectivity index (χ1) is 7.14. The Hall–Kier alpha value is -0.843. The Morgan fingerprint density at radius 2 is 1.50 bits per heavy atom. The van der Waals surface area contributed by atoms with Gasteiger partial charge in [0.25, 0.3) is 0 Å². The number of hydrogen-bond donors (Lipinski definition) is 2. The molecule has 0 aliphatic heterocycles. The van der Waals surface area contributed by atoms with Crippen LogP contribution in [0.25, 0.3) is 0 Å². The molecule has 0 aromatic carbocycles. The van der Waals surface area contributed by atoms with Crippen LogP contribution in [-0.4, -0.2) is 30.2 Å². The molecular formula is C11H22O4Si. The molecule has 94 valence electrons. The summed E-state index contributed by atoms with van der Waals surface area (Å²) in [5.41, 5.74) is -1.86. The van der Waals surface area contributed by atoms with Gasteiger partial charge in [0.1, 0.15) is 0 Å². The highest BCUT2D eigenvalue weighted by atomic mass is 28.3. The van der Waals surface area contributed by atoms with Crippen molar-refractivity contribution in [1.29, 1.82) is 0 Å². The molecule has 0 saturated heterocycles. The summed E-state index contributed by atoms with van der Waals surface area (Å²) >= 11 is 0. The van der Waals surface area contributed by atoms with Gasteiger partial charge in [0.15, 0.2) is 5.41 Å². The summed E-state index contributed by atoms with van der Waals surface area (Å²) in [5, 5.41) is 18.6. The highest BCUT2D eigenvalue weighted by molar-refractivity contribution is 6.78. The maximum Gasteiger partial charge on any atom is 0.321 e. The van der Waals surface area contributed by atoms with Crippen LogP contribution in [0.4, 0.5) is 0 Å². The van der Waals surface area contributed by atoms with Crippen LogP contribution < -0.4 is 0 Å². The second-order valence-corrected chi connectivity index (χ2v) is 10.7. The Morgan fingerprint density at radius 1 is 1.12 bits per heavy atom. The van der Waals surface area contributed by atoms with Crippen molar-refractivity contribution in [1.82, 2.24) is 0 Å². The van der Waals surface area contributed by atoms with Crippen LogP contribution in [0.15, 0.2) is 0 Å². The van der Waals surface area contributed by atoms with Gasteiger partial charge < -0.3 is 10.2 Å². The van der Waals surface area contributed by atoms with Crippen LogP contribution in [-0.2, 0) is 9.59 Å². The summed E-state index contributed by atoms with van der Waals surface area (Å²) in [6.07, 6.45) is 0.739. The van der Waals surface area contributed by atoms with Crippen LogP contribution in [0.5, 0.6) is 0 Å². The zero-order chi connectivity index (χ0) is 13.1. The molecule has 2 N–H and O–H groups in total. The number of carboxylic acid groups (broad SMARTS) is 2. The van der Waals surface area contributed by atoms with E-state index in [0.29, 0.717) is 6.42 Å². The first-order valence-corrected chi connectivity index (χ1v) is 9.19. The molecule has 1 unspecified atom stereocenters. The average molecular weight is 246 g/mol. The number of rotatable bonds is 6.